The summed E-state index contributed by atoms with van der Waals surface area (Å²) in [4.78, 5) is 0. The summed E-state index contributed by atoms with van der Waals surface area (Å²) >= 11 is 0. The molecule has 1 aliphatic heterocycles. The van der Waals surface area contributed by atoms with Gasteiger partial charge in [0.1, 0.15) is 0 Å². The molecular formula is C10H20OSi. The molecule has 70 valence electrons. The van der Waals surface area contributed by atoms with Gasteiger partial charge in [-0.2, -0.15) is 0 Å². The highest BCUT2D eigenvalue weighted by molar-refractivity contribution is 6.82. The van der Waals surface area contributed by atoms with E-state index in [2.05, 4.69) is 25.4 Å². The highest BCUT2D eigenvalue weighted by Crippen LogP contribution is 2.20. The first-order valence-electron chi connectivity index (χ1n) is 4.89. The molecule has 1 rings (SSSR count). The summed E-state index contributed by atoms with van der Waals surface area (Å²) in [5.41, 5.74) is 2.20. The third kappa shape index (κ3) is 4.07. The maximum absolute atomic E-state index is 5.16. The van der Waals surface area contributed by atoms with E-state index in [0.29, 0.717) is 6.10 Å². The van der Waals surface area contributed by atoms with Gasteiger partial charge in [0.05, 0.1) is 20.8 Å². The molecule has 0 aromatic heterocycles. The van der Waals surface area contributed by atoms with Gasteiger partial charge >= 0.3 is 0 Å². The summed E-state index contributed by atoms with van der Waals surface area (Å²) in [5.74, 6) is 0. The topological polar surface area (TPSA) is 12.5 Å². The van der Waals surface area contributed by atoms with Crippen molar-refractivity contribution in [3.05, 3.63) is 12.3 Å². The molecule has 0 spiro atoms. The van der Waals surface area contributed by atoms with E-state index in [1.165, 1.54) is 25.3 Å². The van der Waals surface area contributed by atoms with Gasteiger partial charge in [0.2, 0.25) is 0 Å². The van der Waals surface area contributed by atoms with Crippen LogP contribution in [0.25, 0.3) is 0 Å². The van der Waals surface area contributed by atoms with Gasteiger partial charge in [-0.05, 0) is 6.42 Å². The number of unbranched alkanes of at least 4 members (excludes halogenated alkanes) is 1. The molecule has 1 fully saturated rings. The molecule has 1 unspecified atom stereocenters. The minimum Gasteiger partial charge on any atom is -0.373 e. The van der Waals surface area contributed by atoms with Crippen LogP contribution in [0.1, 0.15) is 19.3 Å². The Morgan fingerprint density at radius 1 is 1.50 bits per heavy atom. The number of hydrogen-bond donors (Lipinski definition) is 0. The lowest BCUT2D eigenvalue weighted by atomic mass is 10.2. The average molecular weight is 184 g/mol. The fourth-order valence-electron chi connectivity index (χ4n) is 1.29. The van der Waals surface area contributed by atoms with Crippen molar-refractivity contribution in [3.8, 4) is 0 Å². The van der Waals surface area contributed by atoms with E-state index in [0.717, 1.165) is 6.61 Å². The Hall–Kier alpha value is -0.0831. The van der Waals surface area contributed by atoms with Crippen molar-refractivity contribution in [3.63, 3.8) is 0 Å². The summed E-state index contributed by atoms with van der Waals surface area (Å²) in [6, 6.07) is 1.39. The molecule has 0 N–H and O–H groups in total. The standard InChI is InChI=1S/C10H20OSi/c1-4-12(2,3)8-6-5-7-10-9-11-10/h4,10H,1,5-9H2,2-3H3. The van der Waals surface area contributed by atoms with Crippen LogP contribution in [0.4, 0.5) is 0 Å². The Balaban J connectivity index is 1.96. The van der Waals surface area contributed by atoms with E-state index in [1.54, 1.807) is 0 Å². The average Bonchev–Trinajstić information content (AvgIpc) is 2.82. The zero-order chi connectivity index (χ0) is 9.03. The molecule has 0 saturated carbocycles. The number of rotatable bonds is 6. The Morgan fingerprint density at radius 3 is 2.67 bits per heavy atom. The molecule has 1 nitrogen and oxygen atoms in total. The second kappa shape index (κ2) is 4.24. The van der Waals surface area contributed by atoms with Crippen LogP contribution in [0.15, 0.2) is 12.3 Å². The van der Waals surface area contributed by atoms with Crippen molar-refractivity contribution in [1.29, 1.82) is 0 Å². The number of epoxide rings is 1. The van der Waals surface area contributed by atoms with Crippen molar-refractivity contribution in [2.45, 2.75) is 44.5 Å². The van der Waals surface area contributed by atoms with E-state index < -0.39 is 8.07 Å². The molecular weight excluding hydrogens is 164 g/mol. The largest absolute Gasteiger partial charge is 0.373 e. The fourth-order valence-corrected chi connectivity index (χ4v) is 2.65. The maximum atomic E-state index is 5.16. The van der Waals surface area contributed by atoms with Crippen molar-refractivity contribution in [2.75, 3.05) is 6.61 Å². The lowest BCUT2D eigenvalue weighted by Gasteiger charge is -2.16. The van der Waals surface area contributed by atoms with Gasteiger partial charge in [-0.3, -0.25) is 0 Å². The summed E-state index contributed by atoms with van der Waals surface area (Å²) in [6.45, 7) is 9.68. The third-order valence-corrected chi connectivity index (χ3v) is 5.30. The van der Waals surface area contributed by atoms with Crippen LogP contribution in [-0.4, -0.2) is 20.8 Å². The third-order valence-electron chi connectivity index (χ3n) is 2.55. The maximum Gasteiger partial charge on any atom is 0.0810 e. The highest BCUT2D eigenvalue weighted by Gasteiger charge is 2.22. The summed E-state index contributed by atoms with van der Waals surface area (Å²) < 4.78 is 5.16. The molecule has 0 aromatic rings. The zero-order valence-corrected chi connectivity index (χ0v) is 9.31. The monoisotopic (exact) mass is 184 g/mol. The predicted octanol–water partition coefficient (Wildman–Crippen LogP) is 2.99. The smallest absolute Gasteiger partial charge is 0.0810 e. The SMILES string of the molecule is C=C[Si](C)(C)CCCCC1CO1. The first-order valence-corrected chi connectivity index (χ1v) is 8.18. The first-order chi connectivity index (χ1) is 5.64. The van der Waals surface area contributed by atoms with Crippen LogP contribution in [0, 0.1) is 0 Å². The van der Waals surface area contributed by atoms with Gasteiger partial charge < -0.3 is 4.74 Å². The molecule has 0 bridgehead atoms. The van der Waals surface area contributed by atoms with E-state index in [4.69, 9.17) is 4.74 Å². The van der Waals surface area contributed by atoms with Crippen LogP contribution in [0.2, 0.25) is 19.1 Å². The number of ether oxygens (including phenoxy) is 1. The van der Waals surface area contributed by atoms with Gasteiger partial charge in [0, 0.05) is 0 Å². The van der Waals surface area contributed by atoms with Crippen molar-refractivity contribution in [2.24, 2.45) is 0 Å². The Morgan fingerprint density at radius 2 is 2.17 bits per heavy atom. The molecule has 0 radical (unpaired) electrons. The molecule has 1 heterocycles. The van der Waals surface area contributed by atoms with E-state index >= 15 is 0 Å². The van der Waals surface area contributed by atoms with Gasteiger partial charge in [0.25, 0.3) is 0 Å². The Labute approximate surface area is 76.8 Å². The summed E-state index contributed by atoms with van der Waals surface area (Å²) in [6.07, 6.45) is 4.61. The molecule has 0 amide bonds. The second-order valence-corrected chi connectivity index (χ2v) is 9.28. The molecule has 1 atom stereocenters. The highest BCUT2D eigenvalue weighted by atomic mass is 28.3. The molecule has 2 heteroatoms. The van der Waals surface area contributed by atoms with Crippen molar-refractivity contribution >= 4 is 8.07 Å². The molecule has 0 aromatic carbocycles. The Kier molecular flexibility index (Phi) is 3.53. The fraction of sp³-hybridized carbons (Fsp3) is 0.800. The summed E-state index contributed by atoms with van der Waals surface area (Å²) in [7, 11) is -1.01. The zero-order valence-electron chi connectivity index (χ0n) is 8.31. The van der Waals surface area contributed by atoms with Gasteiger partial charge in [0.15, 0.2) is 0 Å². The minimum absolute atomic E-state index is 0.624. The van der Waals surface area contributed by atoms with Gasteiger partial charge in [-0.1, -0.05) is 32.0 Å². The first kappa shape index (κ1) is 10.0. The summed E-state index contributed by atoms with van der Waals surface area (Å²) in [5, 5.41) is 0. The van der Waals surface area contributed by atoms with E-state index in [9.17, 15) is 0 Å². The number of hydrogen-bond acceptors (Lipinski definition) is 1. The normalized spacial score (nSPS) is 22.3. The van der Waals surface area contributed by atoms with Crippen LogP contribution in [0.3, 0.4) is 0 Å². The Bertz CT molecular complexity index is 150. The van der Waals surface area contributed by atoms with Crippen molar-refractivity contribution in [1.82, 2.24) is 0 Å². The molecule has 12 heavy (non-hydrogen) atoms. The second-order valence-electron chi connectivity index (χ2n) is 4.39. The quantitative estimate of drug-likeness (QED) is 0.351. The molecule has 1 aliphatic rings. The van der Waals surface area contributed by atoms with E-state index in [-0.39, 0.29) is 0 Å². The predicted molar refractivity (Wildman–Crippen MR) is 56.1 cm³/mol. The van der Waals surface area contributed by atoms with Gasteiger partial charge in [-0.15, -0.1) is 12.3 Å². The lowest BCUT2D eigenvalue weighted by molar-refractivity contribution is 0.391. The lowest BCUT2D eigenvalue weighted by Crippen LogP contribution is -2.21. The van der Waals surface area contributed by atoms with Crippen LogP contribution >= 0.6 is 0 Å². The minimum atomic E-state index is -1.01. The van der Waals surface area contributed by atoms with Crippen LogP contribution in [0.5, 0.6) is 0 Å². The van der Waals surface area contributed by atoms with Crippen LogP contribution < -0.4 is 0 Å². The van der Waals surface area contributed by atoms with Crippen molar-refractivity contribution < 1.29 is 4.74 Å². The molecule has 1 saturated heterocycles. The molecule has 0 aliphatic carbocycles. The van der Waals surface area contributed by atoms with E-state index in [1.807, 2.05) is 0 Å². The van der Waals surface area contributed by atoms with Gasteiger partial charge in [-0.25, -0.2) is 0 Å². The van der Waals surface area contributed by atoms with Crippen LogP contribution in [-0.2, 0) is 4.74 Å².